The maximum absolute atomic E-state index is 14.0. The molecule has 0 saturated heterocycles. The number of aromatic nitrogens is 3. The molecule has 5 heteroatoms. The van der Waals surface area contributed by atoms with Gasteiger partial charge < -0.3 is 0 Å². The van der Waals surface area contributed by atoms with E-state index in [0.717, 1.165) is 17.0 Å². The third kappa shape index (κ3) is 2.60. The normalized spacial score (nSPS) is 10.9. The number of rotatable bonds is 2. The molecule has 0 N–H and O–H groups in total. The molecule has 0 unspecified atom stereocenters. The van der Waals surface area contributed by atoms with Crippen LogP contribution in [0.5, 0.6) is 0 Å². The van der Waals surface area contributed by atoms with Crippen molar-refractivity contribution in [3.8, 4) is 22.8 Å². The number of hydrogen-bond donors (Lipinski definition) is 0. The maximum atomic E-state index is 14.0. The fraction of sp³-hybridized carbons (Fsp3) is 0. The van der Waals surface area contributed by atoms with E-state index in [1.165, 1.54) is 12.1 Å². The van der Waals surface area contributed by atoms with Crippen LogP contribution in [-0.4, -0.2) is 15.0 Å². The van der Waals surface area contributed by atoms with E-state index in [9.17, 15) is 8.78 Å². The summed E-state index contributed by atoms with van der Waals surface area (Å²) in [7, 11) is 0. The van der Waals surface area contributed by atoms with Crippen LogP contribution < -0.4 is 0 Å². The number of pyridine rings is 1. The molecule has 0 spiro atoms. The fourth-order valence-corrected chi connectivity index (χ4v) is 2.50. The Morgan fingerprint density at radius 1 is 0.750 bits per heavy atom. The summed E-state index contributed by atoms with van der Waals surface area (Å²) < 4.78 is 27.0. The molecule has 4 aromatic rings. The lowest BCUT2D eigenvalue weighted by atomic mass is 10.1. The van der Waals surface area contributed by atoms with Crippen molar-refractivity contribution < 1.29 is 8.78 Å². The van der Waals surface area contributed by atoms with Gasteiger partial charge in [0.2, 0.25) is 0 Å². The quantitative estimate of drug-likeness (QED) is 0.540. The van der Waals surface area contributed by atoms with E-state index < -0.39 is 11.6 Å². The minimum absolute atomic E-state index is 0.235. The van der Waals surface area contributed by atoms with E-state index in [-0.39, 0.29) is 5.56 Å². The predicted octanol–water partition coefficient (Wildman–Crippen LogP) is 4.64. The Balaban J connectivity index is 1.81. The fourth-order valence-electron chi connectivity index (χ4n) is 2.50. The molecule has 24 heavy (non-hydrogen) atoms. The molecule has 0 fully saturated rings. The smallest absolute Gasteiger partial charge is 0.178 e. The van der Waals surface area contributed by atoms with Crippen LogP contribution in [0.15, 0.2) is 66.9 Å². The Morgan fingerprint density at radius 2 is 1.58 bits per heavy atom. The highest BCUT2D eigenvalue weighted by Crippen LogP contribution is 2.24. The molecule has 0 atom stereocenters. The van der Waals surface area contributed by atoms with Gasteiger partial charge in [-0.3, -0.25) is 0 Å². The summed E-state index contributed by atoms with van der Waals surface area (Å²) in [5.74, 6) is -0.817. The first-order valence-corrected chi connectivity index (χ1v) is 7.35. The van der Waals surface area contributed by atoms with E-state index in [4.69, 9.17) is 0 Å². The largest absolute Gasteiger partial charge is 0.244 e. The van der Waals surface area contributed by atoms with E-state index in [1.54, 1.807) is 24.4 Å². The number of halogens is 2. The molecule has 3 nitrogen and oxygen atoms in total. The second kappa shape index (κ2) is 5.77. The van der Waals surface area contributed by atoms with Gasteiger partial charge >= 0.3 is 0 Å². The van der Waals surface area contributed by atoms with Gasteiger partial charge in [-0.05, 0) is 30.3 Å². The summed E-state index contributed by atoms with van der Waals surface area (Å²) in [5.41, 5.74) is 1.98. The van der Waals surface area contributed by atoms with Crippen molar-refractivity contribution in [2.75, 3.05) is 0 Å². The second-order valence-corrected chi connectivity index (χ2v) is 5.28. The van der Waals surface area contributed by atoms with Gasteiger partial charge in [0.25, 0.3) is 0 Å². The van der Waals surface area contributed by atoms with E-state index in [1.807, 2.05) is 24.3 Å². The number of fused-ring (bicyclic) bond motifs is 1. The predicted molar refractivity (Wildman–Crippen MR) is 88.1 cm³/mol. The summed E-state index contributed by atoms with van der Waals surface area (Å²) in [6, 6.07) is 16.2. The lowest BCUT2D eigenvalue weighted by Gasteiger charge is -2.06. The summed E-state index contributed by atoms with van der Waals surface area (Å²) >= 11 is 0. The highest BCUT2D eigenvalue weighted by molar-refractivity contribution is 5.79. The van der Waals surface area contributed by atoms with E-state index in [2.05, 4.69) is 15.0 Å². The molecule has 0 aliphatic heterocycles. The molecule has 0 bridgehead atoms. The van der Waals surface area contributed by atoms with Gasteiger partial charge in [-0.1, -0.05) is 24.3 Å². The monoisotopic (exact) mass is 319 g/mol. The van der Waals surface area contributed by atoms with Crippen LogP contribution in [0.25, 0.3) is 33.7 Å². The summed E-state index contributed by atoms with van der Waals surface area (Å²) in [4.78, 5) is 13.2. The first-order valence-electron chi connectivity index (χ1n) is 7.35. The lowest BCUT2D eigenvalue weighted by Crippen LogP contribution is -1.95. The zero-order chi connectivity index (χ0) is 16.5. The number of nitrogens with zero attached hydrogens (tertiary/aromatic N) is 3. The molecule has 0 amide bonds. The average molecular weight is 319 g/mol. The Bertz CT molecular complexity index is 1050. The van der Waals surface area contributed by atoms with E-state index in [0.29, 0.717) is 17.2 Å². The van der Waals surface area contributed by atoms with Gasteiger partial charge in [-0.2, -0.15) is 0 Å². The van der Waals surface area contributed by atoms with Gasteiger partial charge in [0.1, 0.15) is 17.3 Å². The van der Waals surface area contributed by atoms with Crippen molar-refractivity contribution in [1.29, 1.82) is 0 Å². The molecule has 4 rings (SSSR count). The first-order chi connectivity index (χ1) is 11.7. The van der Waals surface area contributed by atoms with Crippen LogP contribution in [0.2, 0.25) is 0 Å². The molecule has 0 radical (unpaired) electrons. The topological polar surface area (TPSA) is 38.7 Å². The SMILES string of the molecule is Fc1ccc(-c2cccc(-c3ncc4ccccc4n3)n2)c(F)c1. The Labute approximate surface area is 136 Å². The van der Waals surface area contributed by atoms with Crippen molar-refractivity contribution in [2.24, 2.45) is 0 Å². The third-order valence-electron chi connectivity index (χ3n) is 3.67. The van der Waals surface area contributed by atoms with Gasteiger partial charge in [-0.15, -0.1) is 0 Å². The molecular weight excluding hydrogens is 308 g/mol. The minimum atomic E-state index is -0.654. The molecule has 0 aliphatic rings. The average Bonchev–Trinajstić information content (AvgIpc) is 2.61. The molecule has 2 aromatic carbocycles. The number of benzene rings is 2. The van der Waals surface area contributed by atoms with Crippen LogP contribution in [0.3, 0.4) is 0 Å². The van der Waals surface area contributed by atoms with Crippen LogP contribution in [0, 0.1) is 11.6 Å². The van der Waals surface area contributed by atoms with Crippen molar-refractivity contribution in [1.82, 2.24) is 15.0 Å². The summed E-state index contributed by atoms with van der Waals surface area (Å²) in [5, 5.41) is 0.932. The lowest BCUT2D eigenvalue weighted by molar-refractivity contribution is 0.585. The van der Waals surface area contributed by atoms with E-state index >= 15 is 0 Å². The molecule has 0 aliphatic carbocycles. The Hall–Kier alpha value is -3.21. The van der Waals surface area contributed by atoms with Crippen LogP contribution in [0.1, 0.15) is 0 Å². The first kappa shape index (κ1) is 14.4. The Kier molecular flexibility index (Phi) is 3.46. The second-order valence-electron chi connectivity index (χ2n) is 5.28. The van der Waals surface area contributed by atoms with Crippen LogP contribution in [-0.2, 0) is 0 Å². The van der Waals surface area contributed by atoms with Crippen molar-refractivity contribution in [3.05, 3.63) is 78.5 Å². The highest BCUT2D eigenvalue weighted by atomic mass is 19.1. The zero-order valence-corrected chi connectivity index (χ0v) is 12.4. The van der Waals surface area contributed by atoms with Crippen LogP contribution >= 0.6 is 0 Å². The standard InChI is InChI=1S/C19H11F2N3/c20-13-8-9-14(15(21)10-13)17-6-3-7-18(23-17)19-22-11-12-4-1-2-5-16(12)24-19/h1-11H. The number of hydrogen-bond acceptors (Lipinski definition) is 3. The van der Waals surface area contributed by atoms with Gasteiger partial charge in [0, 0.05) is 23.2 Å². The maximum Gasteiger partial charge on any atom is 0.178 e. The summed E-state index contributed by atoms with van der Waals surface area (Å²) in [6.45, 7) is 0. The molecule has 116 valence electrons. The Morgan fingerprint density at radius 3 is 2.46 bits per heavy atom. The molecular formula is C19H11F2N3. The highest BCUT2D eigenvalue weighted by Gasteiger charge is 2.10. The van der Waals surface area contributed by atoms with Gasteiger partial charge in [0.15, 0.2) is 5.82 Å². The minimum Gasteiger partial charge on any atom is -0.244 e. The van der Waals surface area contributed by atoms with Crippen molar-refractivity contribution in [3.63, 3.8) is 0 Å². The van der Waals surface area contributed by atoms with Crippen molar-refractivity contribution >= 4 is 10.9 Å². The number of para-hydroxylation sites is 1. The zero-order valence-electron chi connectivity index (χ0n) is 12.4. The molecule has 0 saturated carbocycles. The van der Waals surface area contributed by atoms with Crippen molar-refractivity contribution in [2.45, 2.75) is 0 Å². The third-order valence-corrected chi connectivity index (χ3v) is 3.67. The van der Waals surface area contributed by atoms with Gasteiger partial charge in [-0.25, -0.2) is 23.7 Å². The van der Waals surface area contributed by atoms with Gasteiger partial charge in [0.05, 0.1) is 11.2 Å². The van der Waals surface area contributed by atoms with Crippen LogP contribution in [0.4, 0.5) is 8.78 Å². The summed E-state index contributed by atoms with van der Waals surface area (Å²) in [6.07, 6.45) is 1.73. The molecule has 2 aromatic heterocycles. The molecule has 2 heterocycles.